The maximum atomic E-state index is 13.0. The Morgan fingerprint density at radius 3 is 2.54 bits per heavy atom. The fraction of sp³-hybridized carbons (Fsp3) is 0.400. The Hall–Kier alpha value is -2.20. The molecule has 0 aliphatic heterocycles. The third-order valence-corrected chi connectivity index (χ3v) is 5.05. The van der Waals surface area contributed by atoms with E-state index in [9.17, 15) is 9.59 Å². The van der Waals surface area contributed by atoms with Gasteiger partial charge in [-0.3, -0.25) is 9.59 Å². The molecule has 2 aliphatic rings. The van der Waals surface area contributed by atoms with Gasteiger partial charge in [-0.25, -0.2) is 0 Å². The van der Waals surface area contributed by atoms with Crippen LogP contribution in [-0.4, -0.2) is 22.7 Å². The second-order valence-corrected chi connectivity index (χ2v) is 6.38. The maximum absolute atomic E-state index is 13.0. The SMILES string of the molecule is CCOC(CC)n1c2c(c3c1-c1ccccc1C3=O)C(=O)CCC2. The van der Waals surface area contributed by atoms with Gasteiger partial charge >= 0.3 is 0 Å². The van der Waals surface area contributed by atoms with Gasteiger partial charge in [-0.2, -0.15) is 0 Å². The van der Waals surface area contributed by atoms with Crippen molar-refractivity contribution in [3.8, 4) is 11.3 Å². The molecule has 1 atom stereocenters. The van der Waals surface area contributed by atoms with E-state index in [1.54, 1.807) is 0 Å². The molecule has 124 valence electrons. The molecule has 1 aromatic heterocycles. The van der Waals surface area contributed by atoms with Gasteiger partial charge in [-0.15, -0.1) is 0 Å². The van der Waals surface area contributed by atoms with Crippen LogP contribution >= 0.6 is 0 Å². The molecule has 4 heteroatoms. The van der Waals surface area contributed by atoms with Crippen LogP contribution in [0, 0.1) is 0 Å². The summed E-state index contributed by atoms with van der Waals surface area (Å²) in [6.07, 6.45) is 2.85. The van der Waals surface area contributed by atoms with Crippen LogP contribution in [0.5, 0.6) is 0 Å². The van der Waals surface area contributed by atoms with Crippen LogP contribution in [-0.2, 0) is 11.2 Å². The number of ether oxygens (including phenoxy) is 1. The number of rotatable bonds is 4. The van der Waals surface area contributed by atoms with Gasteiger partial charge in [0.1, 0.15) is 6.23 Å². The molecule has 0 fully saturated rings. The van der Waals surface area contributed by atoms with E-state index in [0.29, 0.717) is 29.7 Å². The predicted molar refractivity (Wildman–Crippen MR) is 91.5 cm³/mol. The molecule has 1 aromatic carbocycles. The number of hydrogen-bond acceptors (Lipinski definition) is 3. The Morgan fingerprint density at radius 2 is 1.83 bits per heavy atom. The zero-order chi connectivity index (χ0) is 16.8. The van der Waals surface area contributed by atoms with E-state index < -0.39 is 0 Å². The average molecular weight is 323 g/mol. The van der Waals surface area contributed by atoms with Crippen LogP contribution in [0.3, 0.4) is 0 Å². The smallest absolute Gasteiger partial charge is 0.196 e. The number of Topliss-reactive ketones (excluding diaryl/α,β-unsaturated/α-hetero) is 1. The number of carbonyl (C=O) groups excluding carboxylic acids is 2. The summed E-state index contributed by atoms with van der Waals surface area (Å²) >= 11 is 0. The Balaban J connectivity index is 2.05. The second-order valence-electron chi connectivity index (χ2n) is 6.38. The Labute approximate surface area is 141 Å². The topological polar surface area (TPSA) is 48.3 Å². The van der Waals surface area contributed by atoms with Crippen LogP contribution in [0.1, 0.15) is 71.3 Å². The van der Waals surface area contributed by atoms with Crippen LogP contribution in [0.15, 0.2) is 24.3 Å². The molecule has 0 amide bonds. The molecule has 1 unspecified atom stereocenters. The summed E-state index contributed by atoms with van der Waals surface area (Å²) in [5, 5.41) is 0. The van der Waals surface area contributed by atoms with Crippen molar-refractivity contribution >= 4 is 11.6 Å². The Kier molecular flexibility index (Phi) is 3.65. The minimum atomic E-state index is -0.141. The number of benzene rings is 1. The van der Waals surface area contributed by atoms with Gasteiger partial charge in [0.05, 0.1) is 16.8 Å². The van der Waals surface area contributed by atoms with Crippen molar-refractivity contribution in [1.29, 1.82) is 0 Å². The maximum Gasteiger partial charge on any atom is 0.196 e. The molecule has 24 heavy (non-hydrogen) atoms. The molecule has 4 rings (SSSR count). The number of fused-ring (bicyclic) bond motifs is 5. The quantitative estimate of drug-likeness (QED) is 0.724. The van der Waals surface area contributed by atoms with Gasteiger partial charge in [-0.05, 0) is 26.2 Å². The van der Waals surface area contributed by atoms with Gasteiger partial charge in [-0.1, -0.05) is 31.2 Å². The first-order chi connectivity index (χ1) is 11.7. The zero-order valence-electron chi connectivity index (χ0n) is 14.1. The minimum absolute atomic E-state index is 0.0165. The van der Waals surface area contributed by atoms with Crippen molar-refractivity contribution < 1.29 is 14.3 Å². The third kappa shape index (κ3) is 1.96. The summed E-state index contributed by atoms with van der Waals surface area (Å²) in [5.41, 5.74) is 4.75. The summed E-state index contributed by atoms with van der Waals surface area (Å²) in [7, 11) is 0. The summed E-state index contributed by atoms with van der Waals surface area (Å²) in [4.78, 5) is 25.6. The normalized spacial score (nSPS) is 16.8. The van der Waals surface area contributed by atoms with E-state index in [2.05, 4.69) is 11.5 Å². The third-order valence-electron chi connectivity index (χ3n) is 5.05. The molecule has 0 saturated heterocycles. The van der Waals surface area contributed by atoms with Gasteiger partial charge in [0.2, 0.25) is 0 Å². The van der Waals surface area contributed by atoms with Crippen molar-refractivity contribution in [1.82, 2.24) is 4.57 Å². The molecule has 0 N–H and O–H groups in total. The van der Waals surface area contributed by atoms with Crippen LogP contribution in [0.25, 0.3) is 11.3 Å². The van der Waals surface area contributed by atoms with E-state index in [-0.39, 0.29) is 17.8 Å². The molecule has 1 heterocycles. The molecule has 0 bridgehead atoms. The number of ketones is 2. The summed E-state index contributed by atoms with van der Waals surface area (Å²) in [6.45, 7) is 4.65. The van der Waals surface area contributed by atoms with E-state index >= 15 is 0 Å². The number of carbonyl (C=O) groups is 2. The highest BCUT2D eigenvalue weighted by Crippen LogP contribution is 2.45. The van der Waals surface area contributed by atoms with Gasteiger partial charge in [0, 0.05) is 29.8 Å². The fourth-order valence-corrected chi connectivity index (χ4v) is 4.12. The number of nitrogens with zero attached hydrogens (tertiary/aromatic N) is 1. The van der Waals surface area contributed by atoms with E-state index in [1.807, 2.05) is 31.2 Å². The lowest BCUT2D eigenvalue weighted by atomic mass is 9.92. The monoisotopic (exact) mass is 323 g/mol. The van der Waals surface area contributed by atoms with Crippen LogP contribution in [0.4, 0.5) is 0 Å². The number of hydrogen-bond donors (Lipinski definition) is 0. The van der Waals surface area contributed by atoms with Crippen molar-refractivity contribution in [3.63, 3.8) is 0 Å². The van der Waals surface area contributed by atoms with E-state index in [1.165, 1.54) is 0 Å². The summed E-state index contributed by atoms with van der Waals surface area (Å²) < 4.78 is 8.09. The van der Waals surface area contributed by atoms with E-state index in [0.717, 1.165) is 36.2 Å². The molecular weight excluding hydrogens is 302 g/mol. The largest absolute Gasteiger partial charge is 0.358 e. The van der Waals surface area contributed by atoms with Gasteiger partial charge in [0.25, 0.3) is 0 Å². The summed E-state index contributed by atoms with van der Waals surface area (Å²) in [5.74, 6) is 0.0796. The first kappa shape index (κ1) is 15.3. The zero-order valence-corrected chi connectivity index (χ0v) is 14.1. The van der Waals surface area contributed by atoms with Crippen LogP contribution in [0.2, 0.25) is 0 Å². The fourth-order valence-electron chi connectivity index (χ4n) is 4.12. The average Bonchev–Trinajstić information content (AvgIpc) is 3.08. The highest BCUT2D eigenvalue weighted by molar-refractivity contribution is 6.26. The lowest BCUT2D eigenvalue weighted by molar-refractivity contribution is 0.00713. The molecular formula is C20H21NO3. The minimum Gasteiger partial charge on any atom is -0.358 e. The first-order valence-corrected chi connectivity index (χ1v) is 8.74. The van der Waals surface area contributed by atoms with Crippen molar-refractivity contribution in [3.05, 3.63) is 46.6 Å². The standard InChI is InChI=1S/C20H21NO3/c1-3-16(24-4-2)21-14-10-7-11-15(22)17(14)18-19(21)12-8-5-6-9-13(12)20(18)23/h5-6,8-9,16H,3-4,7,10-11H2,1-2H3. The second kappa shape index (κ2) is 5.71. The molecule has 0 saturated carbocycles. The molecule has 4 nitrogen and oxygen atoms in total. The Morgan fingerprint density at radius 1 is 1.08 bits per heavy atom. The summed E-state index contributed by atoms with van der Waals surface area (Å²) in [6, 6.07) is 7.65. The van der Waals surface area contributed by atoms with Crippen molar-refractivity contribution in [2.24, 2.45) is 0 Å². The lowest BCUT2D eigenvalue weighted by Crippen LogP contribution is -2.20. The van der Waals surface area contributed by atoms with Crippen LogP contribution < -0.4 is 0 Å². The van der Waals surface area contributed by atoms with E-state index in [4.69, 9.17) is 4.74 Å². The lowest BCUT2D eigenvalue weighted by Gasteiger charge is -2.24. The van der Waals surface area contributed by atoms with Gasteiger partial charge < -0.3 is 9.30 Å². The molecule has 0 radical (unpaired) electrons. The molecule has 2 aliphatic carbocycles. The number of aromatic nitrogens is 1. The van der Waals surface area contributed by atoms with Crippen molar-refractivity contribution in [2.45, 2.75) is 45.8 Å². The molecule has 2 aromatic rings. The highest BCUT2D eigenvalue weighted by Gasteiger charge is 2.40. The van der Waals surface area contributed by atoms with Gasteiger partial charge in [0.15, 0.2) is 11.6 Å². The Bertz CT molecular complexity index is 847. The predicted octanol–water partition coefficient (Wildman–Crippen LogP) is 4.16. The molecule has 0 spiro atoms. The van der Waals surface area contributed by atoms with Crippen molar-refractivity contribution in [2.75, 3.05) is 6.61 Å². The first-order valence-electron chi connectivity index (χ1n) is 8.74. The highest BCUT2D eigenvalue weighted by atomic mass is 16.5.